The molecule has 1 heterocycles. The average Bonchev–Trinajstić information content (AvgIpc) is 3.13. The monoisotopic (exact) mass is 342 g/mol. The van der Waals surface area contributed by atoms with Gasteiger partial charge in [-0.15, -0.1) is 0 Å². The number of hydrogen-bond acceptors (Lipinski definition) is 5. The SMILES string of the molecule is O=c1[nH]c2cc(O)cc(C(O)CNC3Cc4ccccc4C3)c2s1. The summed E-state index contributed by atoms with van der Waals surface area (Å²) < 4.78 is 0.696. The fourth-order valence-electron chi connectivity index (χ4n) is 3.41. The molecule has 124 valence electrons. The van der Waals surface area contributed by atoms with Crippen LogP contribution in [0.4, 0.5) is 0 Å². The molecule has 1 aromatic heterocycles. The van der Waals surface area contributed by atoms with Crippen LogP contribution in [0.25, 0.3) is 10.2 Å². The number of aromatic amines is 1. The second-order valence-corrected chi connectivity index (χ2v) is 7.21. The molecule has 1 atom stereocenters. The van der Waals surface area contributed by atoms with Crippen molar-refractivity contribution in [2.45, 2.75) is 25.0 Å². The summed E-state index contributed by atoms with van der Waals surface area (Å²) in [5, 5.41) is 23.8. The predicted octanol–water partition coefficient (Wildman–Crippen LogP) is 2.09. The topological polar surface area (TPSA) is 85.4 Å². The summed E-state index contributed by atoms with van der Waals surface area (Å²) in [7, 11) is 0. The molecule has 0 amide bonds. The summed E-state index contributed by atoms with van der Waals surface area (Å²) in [6.45, 7) is 0.378. The Morgan fingerprint density at radius 2 is 1.96 bits per heavy atom. The Hall–Kier alpha value is -2.15. The van der Waals surface area contributed by atoms with E-state index in [-0.39, 0.29) is 10.6 Å². The molecule has 1 aliphatic carbocycles. The van der Waals surface area contributed by atoms with E-state index in [2.05, 4.69) is 22.4 Å². The fourth-order valence-corrected chi connectivity index (χ4v) is 4.29. The Morgan fingerprint density at radius 3 is 2.67 bits per heavy atom. The van der Waals surface area contributed by atoms with E-state index >= 15 is 0 Å². The maximum Gasteiger partial charge on any atom is 0.305 e. The van der Waals surface area contributed by atoms with Gasteiger partial charge in [0.25, 0.3) is 0 Å². The number of aliphatic hydroxyl groups excluding tert-OH is 1. The third-order valence-corrected chi connectivity index (χ3v) is 5.49. The highest BCUT2D eigenvalue weighted by Crippen LogP contribution is 2.30. The van der Waals surface area contributed by atoms with Gasteiger partial charge in [-0.3, -0.25) is 4.79 Å². The van der Waals surface area contributed by atoms with E-state index in [0.717, 1.165) is 24.2 Å². The molecule has 4 N–H and O–H groups in total. The number of phenols is 1. The van der Waals surface area contributed by atoms with Gasteiger partial charge >= 0.3 is 4.87 Å². The van der Waals surface area contributed by atoms with Crippen molar-refractivity contribution in [1.82, 2.24) is 10.3 Å². The molecule has 3 aromatic rings. The van der Waals surface area contributed by atoms with Crippen molar-refractivity contribution in [3.8, 4) is 5.75 Å². The zero-order valence-corrected chi connectivity index (χ0v) is 13.8. The number of thiazole rings is 1. The highest BCUT2D eigenvalue weighted by molar-refractivity contribution is 7.16. The molecule has 0 radical (unpaired) electrons. The average molecular weight is 342 g/mol. The highest BCUT2D eigenvalue weighted by atomic mass is 32.1. The number of H-pyrrole nitrogens is 1. The van der Waals surface area contributed by atoms with Gasteiger partial charge in [-0.1, -0.05) is 35.6 Å². The fraction of sp³-hybridized carbons (Fsp3) is 0.278. The molecular formula is C18H18N2O3S. The summed E-state index contributed by atoms with van der Waals surface area (Å²) in [4.78, 5) is 14.0. The van der Waals surface area contributed by atoms with Crippen LogP contribution in [0.1, 0.15) is 22.8 Å². The van der Waals surface area contributed by atoms with Gasteiger partial charge in [-0.2, -0.15) is 0 Å². The minimum absolute atomic E-state index is 0.0406. The lowest BCUT2D eigenvalue weighted by Crippen LogP contribution is -2.33. The molecule has 5 nitrogen and oxygen atoms in total. The summed E-state index contributed by atoms with van der Waals surface area (Å²) in [5.74, 6) is 0.0406. The first-order valence-electron chi connectivity index (χ1n) is 7.94. The summed E-state index contributed by atoms with van der Waals surface area (Å²) in [5.41, 5.74) is 3.85. The Kier molecular flexibility index (Phi) is 3.88. The molecule has 2 aromatic carbocycles. The summed E-state index contributed by atoms with van der Waals surface area (Å²) in [6, 6.07) is 11.7. The van der Waals surface area contributed by atoms with Gasteiger partial charge < -0.3 is 20.5 Å². The lowest BCUT2D eigenvalue weighted by molar-refractivity contribution is 0.171. The Balaban J connectivity index is 1.49. The van der Waals surface area contributed by atoms with Crippen molar-refractivity contribution >= 4 is 21.6 Å². The Bertz CT molecular complexity index is 922. The minimum atomic E-state index is -0.783. The number of rotatable bonds is 4. The first kappa shape index (κ1) is 15.4. The van der Waals surface area contributed by atoms with Gasteiger partial charge in [0.05, 0.1) is 16.3 Å². The van der Waals surface area contributed by atoms with Crippen molar-refractivity contribution in [2.75, 3.05) is 6.54 Å². The molecule has 6 heteroatoms. The number of aliphatic hydroxyl groups is 1. The van der Waals surface area contributed by atoms with Crippen molar-refractivity contribution < 1.29 is 10.2 Å². The van der Waals surface area contributed by atoms with Crippen LogP contribution in [0.2, 0.25) is 0 Å². The van der Waals surface area contributed by atoms with E-state index < -0.39 is 6.10 Å². The normalized spacial score (nSPS) is 15.7. The number of phenolic OH excluding ortho intramolecular Hbond substituents is 1. The van der Waals surface area contributed by atoms with Crippen molar-refractivity contribution in [2.24, 2.45) is 0 Å². The zero-order chi connectivity index (χ0) is 16.7. The second-order valence-electron chi connectivity index (χ2n) is 6.22. The number of aromatic nitrogens is 1. The molecule has 24 heavy (non-hydrogen) atoms. The molecule has 1 unspecified atom stereocenters. The van der Waals surface area contributed by atoms with E-state index in [1.54, 1.807) is 0 Å². The van der Waals surface area contributed by atoms with E-state index in [4.69, 9.17) is 0 Å². The zero-order valence-electron chi connectivity index (χ0n) is 13.0. The molecule has 4 rings (SSSR count). The van der Waals surface area contributed by atoms with Gasteiger partial charge in [-0.05, 0) is 30.0 Å². The van der Waals surface area contributed by atoms with E-state index in [9.17, 15) is 15.0 Å². The quantitative estimate of drug-likeness (QED) is 0.585. The lowest BCUT2D eigenvalue weighted by atomic mass is 10.1. The first-order valence-corrected chi connectivity index (χ1v) is 8.76. The standard InChI is InChI=1S/C18H18N2O3S/c21-13-7-14(17-15(8-13)20-18(23)24-17)16(22)9-19-12-5-10-3-1-2-4-11(10)6-12/h1-4,7-8,12,16,19,21-22H,5-6,9H2,(H,20,23). The van der Waals surface area contributed by atoms with Crippen LogP contribution in [-0.4, -0.2) is 27.8 Å². The van der Waals surface area contributed by atoms with Crippen LogP contribution in [0.3, 0.4) is 0 Å². The van der Waals surface area contributed by atoms with Gasteiger partial charge in [-0.25, -0.2) is 0 Å². The van der Waals surface area contributed by atoms with Crippen LogP contribution in [0.5, 0.6) is 5.75 Å². The number of hydrogen-bond donors (Lipinski definition) is 4. The Labute approximate surface area is 142 Å². The largest absolute Gasteiger partial charge is 0.508 e. The van der Waals surface area contributed by atoms with Gasteiger partial charge in [0, 0.05) is 24.2 Å². The first-order chi connectivity index (χ1) is 11.6. The van der Waals surface area contributed by atoms with Crippen molar-refractivity contribution in [3.63, 3.8) is 0 Å². The number of aromatic hydroxyl groups is 1. The molecule has 0 aliphatic heterocycles. The molecule has 0 fully saturated rings. The van der Waals surface area contributed by atoms with Crippen LogP contribution in [0.15, 0.2) is 41.2 Å². The molecule has 0 saturated carbocycles. The van der Waals surface area contributed by atoms with Crippen LogP contribution in [0, 0.1) is 0 Å². The second kappa shape index (κ2) is 6.05. The summed E-state index contributed by atoms with van der Waals surface area (Å²) in [6.07, 6.45) is 1.13. The van der Waals surface area contributed by atoms with Crippen LogP contribution in [-0.2, 0) is 12.8 Å². The van der Waals surface area contributed by atoms with Crippen LogP contribution >= 0.6 is 11.3 Å². The lowest BCUT2D eigenvalue weighted by Gasteiger charge is -2.17. The number of fused-ring (bicyclic) bond motifs is 2. The third-order valence-electron chi connectivity index (χ3n) is 4.54. The molecule has 1 aliphatic rings. The Morgan fingerprint density at radius 1 is 1.25 bits per heavy atom. The number of benzene rings is 2. The van der Waals surface area contributed by atoms with E-state index in [0.29, 0.717) is 28.4 Å². The molecular weight excluding hydrogens is 324 g/mol. The number of nitrogens with one attached hydrogen (secondary N) is 2. The molecule has 0 spiro atoms. The van der Waals surface area contributed by atoms with Crippen molar-refractivity contribution in [1.29, 1.82) is 0 Å². The van der Waals surface area contributed by atoms with E-state index in [1.807, 2.05) is 12.1 Å². The maximum absolute atomic E-state index is 11.6. The smallest absolute Gasteiger partial charge is 0.305 e. The highest BCUT2D eigenvalue weighted by Gasteiger charge is 2.22. The van der Waals surface area contributed by atoms with Gasteiger partial charge in [0.1, 0.15) is 5.75 Å². The predicted molar refractivity (Wildman–Crippen MR) is 94.7 cm³/mol. The molecule has 0 bridgehead atoms. The maximum atomic E-state index is 11.6. The minimum Gasteiger partial charge on any atom is -0.508 e. The van der Waals surface area contributed by atoms with Gasteiger partial charge in [0.15, 0.2) is 0 Å². The van der Waals surface area contributed by atoms with Gasteiger partial charge in [0.2, 0.25) is 0 Å². The third kappa shape index (κ3) is 2.84. The van der Waals surface area contributed by atoms with Crippen molar-refractivity contribution in [3.05, 3.63) is 62.8 Å². The summed E-state index contributed by atoms with van der Waals surface area (Å²) >= 11 is 1.05. The molecule has 0 saturated heterocycles. The van der Waals surface area contributed by atoms with Crippen LogP contribution < -0.4 is 10.2 Å². The van der Waals surface area contributed by atoms with E-state index in [1.165, 1.54) is 23.3 Å².